The van der Waals surface area contributed by atoms with E-state index in [-0.39, 0.29) is 23.7 Å². The zero-order valence-corrected chi connectivity index (χ0v) is 24.5. The maximum absolute atomic E-state index is 13.5. The van der Waals surface area contributed by atoms with Gasteiger partial charge in [-0.2, -0.15) is 9.41 Å². The summed E-state index contributed by atoms with van der Waals surface area (Å²) < 4.78 is 39.6. The number of anilines is 1. The number of halogens is 1. The van der Waals surface area contributed by atoms with Crippen molar-refractivity contribution in [1.29, 1.82) is 0 Å². The minimum Gasteiger partial charge on any atom is -0.492 e. The highest BCUT2D eigenvalue weighted by atomic mass is 35.5. The van der Waals surface area contributed by atoms with E-state index in [1.807, 2.05) is 31.2 Å². The number of nitrogens with zero attached hydrogens (tertiary/aromatic N) is 2. The molecule has 218 valence electrons. The quantitative estimate of drug-likeness (QED) is 0.138. The van der Waals surface area contributed by atoms with Crippen molar-refractivity contribution in [2.24, 2.45) is 5.10 Å². The number of nitrogens with one attached hydrogen (secondary N) is 2. The molecule has 10 nitrogen and oxygen atoms in total. The van der Waals surface area contributed by atoms with Gasteiger partial charge in [0.05, 0.1) is 29.9 Å². The van der Waals surface area contributed by atoms with Crippen molar-refractivity contribution in [1.82, 2.24) is 9.73 Å². The van der Waals surface area contributed by atoms with Crippen molar-refractivity contribution in [3.8, 4) is 5.75 Å². The molecule has 0 fully saturated rings. The lowest BCUT2D eigenvalue weighted by molar-refractivity contribution is -0.136. The van der Waals surface area contributed by atoms with Crippen LogP contribution < -0.4 is 15.5 Å². The molecular formula is C30H29ClN4O6S. The van der Waals surface area contributed by atoms with Crippen LogP contribution in [0.2, 0.25) is 5.02 Å². The van der Waals surface area contributed by atoms with Gasteiger partial charge in [-0.1, -0.05) is 53.6 Å². The maximum atomic E-state index is 13.5. The molecule has 0 spiro atoms. The third-order valence-electron chi connectivity index (χ3n) is 5.94. The predicted molar refractivity (Wildman–Crippen MR) is 160 cm³/mol. The maximum Gasteiger partial charge on any atom is 0.329 e. The van der Waals surface area contributed by atoms with Crippen molar-refractivity contribution in [2.45, 2.75) is 31.8 Å². The molecule has 1 aromatic heterocycles. The van der Waals surface area contributed by atoms with E-state index < -0.39 is 21.8 Å². The summed E-state index contributed by atoms with van der Waals surface area (Å²) in [4.78, 5) is 24.6. The van der Waals surface area contributed by atoms with Crippen molar-refractivity contribution in [2.75, 3.05) is 11.9 Å². The van der Waals surface area contributed by atoms with Crippen LogP contribution in [-0.4, -0.2) is 37.4 Å². The van der Waals surface area contributed by atoms with Gasteiger partial charge in [-0.05, 0) is 67.9 Å². The first kappa shape index (κ1) is 30.5. The van der Waals surface area contributed by atoms with Gasteiger partial charge in [-0.15, -0.1) is 0 Å². The highest BCUT2D eigenvalue weighted by molar-refractivity contribution is 7.89. The molecule has 1 heterocycles. The Labute approximate surface area is 249 Å². The Hall–Kier alpha value is -4.45. The number of hydrogen-bond donors (Lipinski definition) is 2. The first-order chi connectivity index (χ1) is 20.2. The molecule has 0 unspecified atom stereocenters. The Bertz CT molecular complexity index is 1670. The highest BCUT2D eigenvalue weighted by Gasteiger charge is 2.26. The number of carbonyl (C=O) groups is 2. The topological polar surface area (TPSA) is 130 Å². The molecule has 2 amide bonds. The number of benzene rings is 3. The summed E-state index contributed by atoms with van der Waals surface area (Å²) in [5.41, 5.74) is 4.35. The first-order valence-corrected chi connectivity index (χ1v) is 14.7. The molecule has 2 N–H and O–H groups in total. The van der Waals surface area contributed by atoms with Gasteiger partial charge in [0.15, 0.2) is 0 Å². The summed E-state index contributed by atoms with van der Waals surface area (Å²) in [6, 6.07) is 23.4. The van der Waals surface area contributed by atoms with E-state index in [1.165, 1.54) is 34.8 Å². The lowest BCUT2D eigenvalue weighted by atomic mass is 10.1. The first-order valence-electron chi connectivity index (χ1n) is 12.9. The van der Waals surface area contributed by atoms with E-state index in [4.69, 9.17) is 20.8 Å². The van der Waals surface area contributed by atoms with Crippen LogP contribution in [0.5, 0.6) is 5.75 Å². The van der Waals surface area contributed by atoms with Crippen molar-refractivity contribution < 1.29 is 27.2 Å². The number of hydrazone groups is 1. The second-order valence-electron chi connectivity index (χ2n) is 9.10. The standard InChI is InChI=1S/C30H29ClN4O6S/c1-3-40-28-7-5-4-6-27(28)33-29(36)30(37)34-32-18-24-14-15-25(41-24)20-35(19-22-10-8-21(2)9-11-22)42(38,39)26-16-12-23(31)13-17-26/h4-18H,3,19-20H2,1-2H3,(H,33,36)(H,34,37)/b32-18+. The largest absolute Gasteiger partial charge is 0.492 e. The van der Waals surface area contributed by atoms with Crippen LogP contribution >= 0.6 is 11.6 Å². The molecule has 0 radical (unpaired) electrons. The molecule has 0 saturated carbocycles. The van der Waals surface area contributed by atoms with Gasteiger partial charge in [0.25, 0.3) is 0 Å². The van der Waals surface area contributed by atoms with Crippen LogP contribution in [0, 0.1) is 6.92 Å². The Kier molecular flexibility index (Phi) is 10.1. The van der Waals surface area contributed by atoms with Crippen molar-refractivity contribution in [3.63, 3.8) is 0 Å². The molecule has 0 bridgehead atoms. The Morgan fingerprint density at radius 2 is 1.67 bits per heavy atom. The molecule has 0 aliphatic rings. The van der Waals surface area contributed by atoms with Gasteiger partial charge in [0, 0.05) is 11.6 Å². The molecule has 0 atom stereocenters. The predicted octanol–water partition coefficient (Wildman–Crippen LogP) is 5.12. The van der Waals surface area contributed by atoms with Crippen LogP contribution in [0.4, 0.5) is 5.69 Å². The summed E-state index contributed by atoms with van der Waals surface area (Å²) in [5, 5.41) is 6.69. The van der Waals surface area contributed by atoms with Gasteiger partial charge >= 0.3 is 11.8 Å². The van der Waals surface area contributed by atoms with Crippen molar-refractivity contribution >= 4 is 45.3 Å². The molecular weight excluding hydrogens is 580 g/mol. The summed E-state index contributed by atoms with van der Waals surface area (Å²) in [6.07, 6.45) is 1.21. The molecule has 0 aliphatic heterocycles. The Morgan fingerprint density at radius 3 is 2.38 bits per heavy atom. The molecule has 12 heteroatoms. The molecule has 4 rings (SSSR count). The number of amides is 2. The molecule has 0 aliphatic carbocycles. The number of aryl methyl sites for hydroxylation is 1. The zero-order chi connectivity index (χ0) is 30.1. The second kappa shape index (κ2) is 13.9. The van der Waals surface area contributed by atoms with Gasteiger partial charge in [-0.3, -0.25) is 9.59 Å². The lowest BCUT2D eigenvalue weighted by Gasteiger charge is -2.21. The van der Waals surface area contributed by atoms with E-state index in [0.717, 1.165) is 11.1 Å². The fraction of sp³-hybridized carbons (Fsp3) is 0.167. The SMILES string of the molecule is CCOc1ccccc1NC(=O)C(=O)N/N=C/c1ccc(CN(Cc2ccc(C)cc2)S(=O)(=O)c2ccc(Cl)cc2)o1. The number of para-hydroxylation sites is 2. The van der Waals surface area contributed by atoms with E-state index in [9.17, 15) is 18.0 Å². The number of ether oxygens (including phenoxy) is 1. The summed E-state index contributed by atoms with van der Waals surface area (Å²) in [7, 11) is -3.91. The van der Waals surface area contributed by atoms with Crippen LogP contribution in [-0.2, 0) is 32.7 Å². The second-order valence-corrected chi connectivity index (χ2v) is 11.5. The fourth-order valence-electron chi connectivity index (χ4n) is 3.84. The third kappa shape index (κ3) is 8.06. The Morgan fingerprint density at radius 1 is 0.952 bits per heavy atom. The van der Waals surface area contributed by atoms with Crippen LogP contribution in [0.3, 0.4) is 0 Å². The van der Waals surface area contributed by atoms with E-state index in [1.54, 1.807) is 43.3 Å². The van der Waals surface area contributed by atoms with Gasteiger partial charge in [0.1, 0.15) is 17.3 Å². The number of hydrogen-bond acceptors (Lipinski definition) is 7. The average Bonchev–Trinajstić information content (AvgIpc) is 3.42. The van der Waals surface area contributed by atoms with Gasteiger partial charge < -0.3 is 14.5 Å². The minimum atomic E-state index is -3.91. The van der Waals surface area contributed by atoms with E-state index in [0.29, 0.717) is 28.8 Å². The molecule has 42 heavy (non-hydrogen) atoms. The summed E-state index contributed by atoms with van der Waals surface area (Å²) in [5.74, 6) is -0.909. The van der Waals surface area contributed by atoms with Gasteiger partial charge in [-0.25, -0.2) is 13.8 Å². The van der Waals surface area contributed by atoms with Crippen LogP contribution in [0.15, 0.2) is 99.3 Å². The number of furan rings is 1. The molecule has 3 aromatic carbocycles. The lowest BCUT2D eigenvalue weighted by Crippen LogP contribution is -2.32. The highest BCUT2D eigenvalue weighted by Crippen LogP contribution is 2.24. The normalized spacial score (nSPS) is 11.5. The minimum absolute atomic E-state index is 0.0688. The number of carbonyl (C=O) groups excluding carboxylic acids is 2. The number of sulfonamides is 1. The van der Waals surface area contributed by atoms with Crippen LogP contribution in [0.25, 0.3) is 0 Å². The number of rotatable bonds is 11. The summed E-state index contributed by atoms with van der Waals surface area (Å²) in [6.45, 7) is 4.19. The summed E-state index contributed by atoms with van der Waals surface area (Å²) >= 11 is 5.96. The fourth-order valence-corrected chi connectivity index (χ4v) is 5.36. The van der Waals surface area contributed by atoms with Gasteiger partial charge in [0.2, 0.25) is 10.0 Å². The van der Waals surface area contributed by atoms with Crippen LogP contribution in [0.1, 0.15) is 29.6 Å². The van der Waals surface area contributed by atoms with E-state index in [2.05, 4.69) is 15.8 Å². The van der Waals surface area contributed by atoms with Crippen molar-refractivity contribution in [3.05, 3.63) is 113 Å². The average molecular weight is 609 g/mol. The van der Waals surface area contributed by atoms with E-state index >= 15 is 0 Å². The zero-order valence-electron chi connectivity index (χ0n) is 22.9. The molecule has 4 aromatic rings. The monoisotopic (exact) mass is 608 g/mol. The Balaban J connectivity index is 1.43. The smallest absolute Gasteiger partial charge is 0.329 e. The third-order valence-corrected chi connectivity index (χ3v) is 8.00. The molecule has 0 saturated heterocycles.